The number of hydrogen-bond donors (Lipinski definition) is 0. The normalized spacial score (nSPS) is 16.7. The number of amides is 1. The smallest absolute Gasteiger partial charge is 0.412 e. The van der Waals surface area contributed by atoms with E-state index >= 15 is 0 Å². The zero-order valence-corrected chi connectivity index (χ0v) is 18.8. The summed E-state index contributed by atoms with van der Waals surface area (Å²) in [5.74, 6) is 4.10. The van der Waals surface area contributed by atoms with E-state index in [1.807, 2.05) is 37.3 Å². The number of hydrogen-bond acceptors (Lipinski definition) is 2. The molecule has 0 aromatic heterocycles. The Morgan fingerprint density at radius 2 is 1.63 bits per heavy atom. The first kappa shape index (κ1) is 21.3. The average Bonchev–Trinajstić information content (AvgIpc) is 2.96. The highest BCUT2D eigenvalue weighted by Gasteiger charge is 2.41. The van der Waals surface area contributed by atoms with E-state index in [1.54, 1.807) is 4.90 Å². The molecular weight excluding hydrogens is 350 g/mol. The maximum atomic E-state index is 12.2. The second-order valence-corrected chi connectivity index (χ2v) is 14.0. The summed E-state index contributed by atoms with van der Waals surface area (Å²) in [6.45, 7) is 16.9. The average molecular weight is 384 g/mol. The SMILES string of the molecule is C/C(C#C[Si](C(C)C)(C(C)C)C(C)C)=C1/CN(Cc2ccccc2)C(=O)O1. The van der Waals surface area contributed by atoms with Gasteiger partial charge in [-0.05, 0) is 29.1 Å². The van der Waals surface area contributed by atoms with Gasteiger partial charge in [-0.25, -0.2) is 4.79 Å². The molecule has 0 saturated carbocycles. The molecule has 0 aliphatic carbocycles. The molecule has 1 fully saturated rings. The van der Waals surface area contributed by atoms with E-state index in [-0.39, 0.29) is 6.09 Å². The molecule has 4 heteroatoms. The Labute approximate surface area is 165 Å². The van der Waals surface area contributed by atoms with Crippen LogP contribution in [0.1, 0.15) is 54.0 Å². The molecule has 146 valence electrons. The second-order valence-electron chi connectivity index (χ2n) is 8.40. The molecule has 0 radical (unpaired) electrons. The molecule has 0 unspecified atom stereocenters. The van der Waals surface area contributed by atoms with Crippen LogP contribution in [0.15, 0.2) is 41.7 Å². The van der Waals surface area contributed by atoms with Gasteiger partial charge in [-0.15, -0.1) is 5.54 Å². The highest BCUT2D eigenvalue weighted by Crippen LogP contribution is 2.40. The third-order valence-electron chi connectivity index (χ3n) is 5.77. The molecule has 1 aromatic rings. The molecule has 0 spiro atoms. The van der Waals surface area contributed by atoms with Gasteiger partial charge in [-0.3, -0.25) is 4.90 Å². The summed E-state index contributed by atoms with van der Waals surface area (Å²) in [6, 6.07) is 9.99. The van der Waals surface area contributed by atoms with Crippen LogP contribution in [-0.2, 0) is 11.3 Å². The van der Waals surface area contributed by atoms with E-state index in [2.05, 4.69) is 53.0 Å². The molecular formula is C23H33NO2Si. The highest BCUT2D eigenvalue weighted by molar-refractivity contribution is 6.90. The van der Waals surface area contributed by atoms with Crippen LogP contribution in [0, 0.1) is 11.5 Å². The van der Waals surface area contributed by atoms with Crippen molar-refractivity contribution in [1.29, 1.82) is 0 Å². The highest BCUT2D eigenvalue weighted by atomic mass is 28.3. The number of nitrogens with zero attached hydrogens (tertiary/aromatic N) is 1. The van der Waals surface area contributed by atoms with Crippen molar-refractivity contribution in [2.24, 2.45) is 0 Å². The molecule has 3 nitrogen and oxygen atoms in total. The third kappa shape index (κ3) is 4.65. The number of benzene rings is 1. The van der Waals surface area contributed by atoms with E-state index in [0.717, 1.165) is 11.1 Å². The minimum Gasteiger partial charge on any atom is -0.412 e. The summed E-state index contributed by atoms with van der Waals surface area (Å²) in [6.07, 6.45) is -0.282. The molecule has 1 amide bonds. The summed E-state index contributed by atoms with van der Waals surface area (Å²) < 4.78 is 5.53. The first-order valence-corrected chi connectivity index (χ1v) is 12.1. The number of carbonyl (C=O) groups is 1. The van der Waals surface area contributed by atoms with Gasteiger partial charge in [0.25, 0.3) is 0 Å². The van der Waals surface area contributed by atoms with E-state index < -0.39 is 8.07 Å². The standard InChI is InChI=1S/C23H33NO2Si/c1-17(2)27(18(3)4,19(5)6)14-13-20(7)22-16-24(23(25)26-22)15-21-11-9-8-10-12-21/h8-12,17-19H,15-16H2,1-7H3/b22-20+. The van der Waals surface area contributed by atoms with Crippen LogP contribution in [0.5, 0.6) is 0 Å². The van der Waals surface area contributed by atoms with Gasteiger partial charge >= 0.3 is 6.09 Å². The number of allylic oxidation sites excluding steroid dienone is 1. The Balaban J connectivity index is 2.24. The number of cyclic esters (lactones) is 1. The minimum atomic E-state index is -1.79. The minimum absolute atomic E-state index is 0.282. The number of carbonyl (C=O) groups excluding carboxylic acids is 1. The van der Waals surface area contributed by atoms with E-state index in [1.165, 1.54) is 0 Å². The fourth-order valence-electron chi connectivity index (χ4n) is 4.26. The first-order chi connectivity index (χ1) is 12.7. The van der Waals surface area contributed by atoms with Gasteiger partial charge in [0.2, 0.25) is 0 Å². The molecule has 1 heterocycles. The Morgan fingerprint density at radius 3 is 2.15 bits per heavy atom. The molecule has 1 aliphatic rings. The van der Waals surface area contributed by atoms with Gasteiger partial charge in [-0.1, -0.05) is 77.8 Å². The van der Waals surface area contributed by atoms with Crippen molar-refractivity contribution >= 4 is 14.2 Å². The van der Waals surface area contributed by atoms with Crippen molar-refractivity contribution in [1.82, 2.24) is 4.90 Å². The van der Waals surface area contributed by atoms with Gasteiger partial charge in [0.15, 0.2) is 0 Å². The summed E-state index contributed by atoms with van der Waals surface area (Å²) >= 11 is 0. The zero-order valence-electron chi connectivity index (χ0n) is 17.8. The maximum Gasteiger partial charge on any atom is 0.415 e. The van der Waals surface area contributed by atoms with Crippen LogP contribution in [0.2, 0.25) is 16.6 Å². The van der Waals surface area contributed by atoms with Gasteiger partial charge in [0.05, 0.1) is 6.54 Å². The van der Waals surface area contributed by atoms with Crippen molar-refractivity contribution in [3.8, 4) is 11.5 Å². The quantitative estimate of drug-likeness (QED) is 0.452. The predicted octanol–water partition coefficient (Wildman–Crippen LogP) is 6.13. The lowest BCUT2D eigenvalue weighted by molar-refractivity contribution is 0.166. The van der Waals surface area contributed by atoms with E-state index in [9.17, 15) is 4.79 Å². The van der Waals surface area contributed by atoms with Crippen LogP contribution >= 0.6 is 0 Å². The Bertz CT molecular complexity index is 732. The number of rotatable bonds is 5. The molecule has 27 heavy (non-hydrogen) atoms. The summed E-state index contributed by atoms with van der Waals surface area (Å²) in [5, 5.41) is 0. The zero-order chi connectivity index (χ0) is 20.2. The molecule has 1 saturated heterocycles. The molecule has 0 bridgehead atoms. The van der Waals surface area contributed by atoms with Gasteiger partial charge in [0.1, 0.15) is 13.8 Å². The van der Waals surface area contributed by atoms with Crippen molar-refractivity contribution in [3.05, 3.63) is 47.2 Å². The maximum absolute atomic E-state index is 12.2. The molecule has 0 atom stereocenters. The van der Waals surface area contributed by atoms with Crippen LogP contribution in [0.25, 0.3) is 0 Å². The van der Waals surface area contributed by atoms with Gasteiger partial charge in [0, 0.05) is 12.1 Å². The van der Waals surface area contributed by atoms with Crippen LogP contribution in [-0.4, -0.2) is 25.6 Å². The topological polar surface area (TPSA) is 29.5 Å². The van der Waals surface area contributed by atoms with Crippen molar-refractivity contribution in [2.75, 3.05) is 6.54 Å². The van der Waals surface area contributed by atoms with Crippen molar-refractivity contribution < 1.29 is 9.53 Å². The lowest BCUT2D eigenvalue weighted by Crippen LogP contribution is -2.43. The Hall–Kier alpha value is -1.99. The van der Waals surface area contributed by atoms with Gasteiger partial charge in [-0.2, -0.15) is 0 Å². The molecule has 0 N–H and O–H groups in total. The van der Waals surface area contributed by atoms with Crippen molar-refractivity contribution in [2.45, 2.75) is 71.6 Å². The van der Waals surface area contributed by atoms with E-state index in [4.69, 9.17) is 4.74 Å². The van der Waals surface area contributed by atoms with Crippen LogP contribution in [0.3, 0.4) is 0 Å². The van der Waals surface area contributed by atoms with Gasteiger partial charge < -0.3 is 4.74 Å². The molecule has 1 aromatic carbocycles. The lowest BCUT2D eigenvalue weighted by atomic mass is 10.2. The van der Waals surface area contributed by atoms with Crippen LogP contribution < -0.4 is 0 Å². The first-order valence-electron chi connectivity index (χ1n) is 9.92. The predicted molar refractivity (Wildman–Crippen MR) is 115 cm³/mol. The third-order valence-corrected chi connectivity index (χ3v) is 12.1. The summed E-state index contributed by atoms with van der Waals surface area (Å²) in [4.78, 5) is 14.0. The van der Waals surface area contributed by atoms with Crippen molar-refractivity contribution in [3.63, 3.8) is 0 Å². The molecule has 2 rings (SSSR count). The van der Waals surface area contributed by atoms with Crippen LogP contribution in [0.4, 0.5) is 4.79 Å². The monoisotopic (exact) mass is 383 g/mol. The molecule has 1 aliphatic heterocycles. The summed E-state index contributed by atoms with van der Waals surface area (Å²) in [7, 11) is -1.79. The Morgan fingerprint density at radius 1 is 1.07 bits per heavy atom. The fraction of sp³-hybridized carbons (Fsp3) is 0.522. The lowest BCUT2D eigenvalue weighted by Gasteiger charge is -2.38. The van der Waals surface area contributed by atoms with E-state index in [0.29, 0.717) is 35.5 Å². The number of ether oxygens (including phenoxy) is 1. The largest absolute Gasteiger partial charge is 0.415 e. The summed E-state index contributed by atoms with van der Waals surface area (Å²) in [5.41, 5.74) is 7.46. The second kappa shape index (κ2) is 8.80. The fourth-order valence-corrected chi connectivity index (χ4v) is 9.53. The Kier molecular flexibility index (Phi) is 6.94.